The van der Waals surface area contributed by atoms with Gasteiger partial charge in [0.2, 0.25) is 11.8 Å². The van der Waals surface area contributed by atoms with Gasteiger partial charge in [-0.25, -0.2) is 4.90 Å². The lowest BCUT2D eigenvalue weighted by atomic mass is 9.85. The maximum Gasteiger partial charge on any atom is 0.239 e. The number of amides is 2. The van der Waals surface area contributed by atoms with Crippen LogP contribution >= 0.6 is 0 Å². The van der Waals surface area contributed by atoms with Gasteiger partial charge in [0.05, 0.1) is 30.7 Å². The van der Waals surface area contributed by atoms with Crippen LogP contribution in [-0.2, 0) is 9.59 Å². The van der Waals surface area contributed by atoms with Crippen LogP contribution in [0.1, 0.15) is 28.8 Å². The van der Waals surface area contributed by atoms with Gasteiger partial charge < -0.3 is 4.74 Å². The molecular weight excluding hydrogens is 380 g/mol. The summed E-state index contributed by atoms with van der Waals surface area (Å²) < 4.78 is 5.18. The SMILES string of the molecule is COc1ccc(N2C(=O)[C@@H]3[C@H](C2=O)[C@H](C(=O)c2ccc(C)cc2)N2CCC[C@H]32)cc1. The Bertz CT molecular complexity index is 1010. The third-order valence-electron chi connectivity index (χ3n) is 6.79. The molecule has 0 N–H and O–H groups in total. The van der Waals surface area contributed by atoms with Crippen LogP contribution in [-0.4, -0.2) is 48.2 Å². The van der Waals surface area contributed by atoms with Crippen molar-refractivity contribution in [1.82, 2.24) is 4.90 Å². The van der Waals surface area contributed by atoms with Crippen LogP contribution in [0.5, 0.6) is 5.75 Å². The summed E-state index contributed by atoms with van der Waals surface area (Å²) in [6.45, 7) is 2.73. The summed E-state index contributed by atoms with van der Waals surface area (Å²) in [7, 11) is 1.57. The maximum absolute atomic E-state index is 13.5. The Kier molecular flexibility index (Phi) is 4.47. The van der Waals surface area contributed by atoms with Crippen LogP contribution in [0.25, 0.3) is 0 Å². The third-order valence-corrected chi connectivity index (χ3v) is 6.79. The fourth-order valence-corrected chi connectivity index (χ4v) is 5.39. The molecule has 0 aliphatic carbocycles. The number of nitrogens with zero attached hydrogens (tertiary/aromatic N) is 2. The molecule has 2 amide bonds. The molecule has 0 radical (unpaired) electrons. The van der Waals surface area contributed by atoms with E-state index in [0.717, 1.165) is 24.9 Å². The molecule has 4 atom stereocenters. The number of hydrogen-bond donors (Lipinski definition) is 0. The number of imide groups is 1. The van der Waals surface area contributed by atoms with E-state index in [1.165, 1.54) is 4.90 Å². The molecule has 0 saturated carbocycles. The van der Waals surface area contributed by atoms with E-state index in [9.17, 15) is 14.4 Å². The highest BCUT2D eigenvalue weighted by molar-refractivity contribution is 6.24. The number of aryl methyl sites for hydroxylation is 1. The van der Waals surface area contributed by atoms with Crippen LogP contribution in [0.3, 0.4) is 0 Å². The van der Waals surface area contributed by atoms with Gasteiger partial charge >= 0.3 is 0 Å². The minimum Gasteiger partial charge on any atom is -0.497 e. The van der Waals surface area contributed by atoms with Gasteiger partial charge in [0.1, 0.15) is 5.75 Å². The lowest BCUT2D eigenvalue weighted by Gasteiger charge is -2.27. The number of fused-ring (bicyclic) bond motifs is 3. The van der Waals surface area contributed by atoms with Crippen molar-refractivity contribution in [3.05, 3.63) is 59.7 Å². The molecule has 3 saturated heterocycles. The fourth-order valence-electron chi connectivity index (χ4n) is 5.39. The van der Waals surface area contributed by atoms with E-state index < -0.39 is 17.9 Å². The monoisotopic (exact) mass is 404 g/mol. The van der Waals surface area contributed by atoms with Gasteiger partial charge in [-0.15, -0.1) is 0 Å². The van der Waals surface area contributed by atoms with Crippen LogP contribution in [0, 0.1) is 18.8 Å². The van der Waals surface area contributed by atoms with Crippen molar-refractivity contribution in [3.63, 3.8) is 0 Å². The normalized spacial score (nSPS) is 28.0. The van der Waals surface area contributed by atoms with Crippen LogP contribution < -0.4 is 9.64 Å². The van der Waals surface area contributed by atoms with Crippen LogP contribution in [0.2, 0.25) is 0 Å². The molecule has 0 aromatic heterocycles. The zero-order valence-corrected chi connectivity index (χ0v) is 17.1. The Hall–Kier alpha value is -2.99. The lowest BCUT2D eigenvalue weighted by Crippen LogP contribution is -2.46. The molecule has 0 bridgehead atoms. The van der Waals surface area contributed by atoms with E-state index >= 15 is 0 Å². The summed E-state index contributed by atoms with van der Waals surface area (Å²) in [4.78, 5) is 43.7. The zero-order chi connectivity index (χ0) is 21.0. The Labute approximate surface area is 175 Å². The number of Topliss-reactive ketones (excluding diaryl/α,β-unsaturated/α-hetero) is 1. The van der Waals surface area contributed by atoms with Crippen molar-refractivity contribution in [2.24, 2.45) is 11.8 Å². The van der Waals surface area contributed by atoms with Crippen molar-refractivity contribution >= 4 is 23.3 Å². The van der Waals surface area contributed by atoms with E-state index in [2.05, 4.69) is 4.90 Å². The molecule has 5 rings (SSSR count). The first-order valence-electron chi connectivity index (χ1n) is 10.4. The molecular formula is C24H24N2O4. The van der Waals surface area contributed by atoms with E-state index in [1.54, 1.807) is 31.4 Å². The van der Waals surface area contributed by atoms with Gasteiger partial charge in [-0.05, 0) is 50.6 Å². The maximum atomic E-state index is 13.5. The first-order valence-corrected chi connectivity index (χ1v) is 10.4. The smallest absolute Gasteiger partial charge is 0.239 e. The van der Waals surface area contributed by atoms with Gasteiger partial charge in [0.25, 0.3) is 0 Å². The Morgan fingerprint density at radius 2 is 1.63 bits per heavy atom. The lowest BCUT2D eigenvalue weighted by molar-refractivity contribution is -0.123. The summed E-state index contributed by atoms with van der Waals surface area (Å²) in [5.41, 5.74) is 2.21. The number of rotatable bonds is 4. The zero-order valence-electron chi connectivity index (χ0n) is 17.1. The second-order valence-corrected chi connectivity index (χ2v) is 8.38. The van der Waals surface area contributed by atoms with Gasteiger partial charge in [0.15, 0.2) is 5.78 Å². The topological polar surface area (TPSA) is 66.9 Å². The van der Waals surface area contributed by atoms with Crippen molar-refractivity contribution in [2.75, 3.05) is 18.6 Å². The first-order chi connectivity index (χ1) is 14.5. The van der Waals surface area contributed by atoms with E-state index in [0.29, 0.717) is 17.0 Å². The summed E-state index contributed by atoms with van der Waals surface area (Å²) in [6.07, 6.45) is 1.78. The summed E-state index contributed by atoms with van der Waals surface area (Å²) >= 11 is 0. The number of anilines is 1. The molecule has 0 spiro atoms. The Morgan fingerprint density at radius 1 is 0.967 bits per heavy atom. The van der Waals surface area contributed by atoms with Gasteiger partial charge in [0, 0.05) is 11.6 Å². The predicted octanol–water partition coefficient (Wildman–Crippen LogP) is 2.84. The second kappa shape index (κ2) is 7.06. The standard InChI is InChI=1S/C24H24N2O4/c1-14-5-7-15(8-6-14)22(27)21-20-19(18-4-3-13-25(18)21)23(28)26(24(20)29)16-9-11-17(30-2)12-10-16/h5-12,18-21H,3-4,13H2,1-2H3/t18-,19+,20+,21-/m1/s1. The molecule has 2 aromatic carbocycles. The molecule has 6 nitrogen and oxygen atoms in total. The number of methoxy groups -OCH3 is 1. The molecule has 30 heavy (non-hydrogen) atoms. The Morgan fingerprint density at radius 3 is 2.30 bits per heavy atom. The van der Waals surface area contributed by atoms with Crippen molar-refractivity contribution in [3.8, 4) is 5.75 Å². The highest BCUT2D eigenvalue weighted by Gasteiger charge is 2.64. The van der Waals surface area contributed by atoms with Gasteiger partial charge in [-0.2, -0.15) is 0 Å². The number of hydrogen-bond acceptors (Lipinski definition) is 5. The van der Waals surface area contributed by atoms with Gasteiger partial charge in [-0.1, -0.05) is 29.8 Å². The molecule has 0 unspecified atom stereocenters. The van der Waals surface area contributed by atoms with Crippen LogP contribution in [0.4, 0.5) is 5.69 Å². The number of ether oxygens (including phenoxy) is 1. The van der Waals surface area contributed by atoms with Crippen molar-refractivity contribution < 1.29 is 19.1 Å². The Balaban J connectivity index is 1.52. The number of ketones is 1. The molecule has 3 fully saturated rings. The molecule has 3 aliphatic heterocycles. The minimum absolute atomic E-state index is 0.0471. The fraction of sp³-hybridized carbons (Fsp3) is 0.375. The van der Waals surface area contributed by atoms with E-state index in [-0.39, 0.29) is 23.6 Å². The predicted molar refractivity (Wildman–Crippen MR) is 111 cm³/mol. The first kappa shape index (κ1) is 19.0. The highest BCUT2D eigenvalue weighted by Crippen LogP contribution is 2.48. The molecule has 3 heterocycles. The van der Waals surface area contributed by atoms with E-state index in [4.69, 9.17) is 4.74 Å². The minimum atomic E-state index is -0.626. The number of carbonyl (C=O) groups excluding carboxylic acids is 3. The number of benzene rings is 2. The average Bonchev–Trinajstić information content (AvgIpc) is 3.40. The summed E-state index contributed by atoms with van der Waals surface area (Å²) in [5, 5.41) is 0. The van der Waals surface area contributed by atoms with E-state index in [1.807, 2.05) is 31.2 Å². The summed E-state index contributed by atoms with van der Waals surface area (Å²) in [5.74, 6) is -0.943. The van der Waals surface area contributed by atoms with Crippen molar-refractivity contribution in [1.29, 1.82) is 0 Å². The molecule has 2 aromatic rings. The number of carbonyl (C=O) groups is 3. The van der Waals surface area contributed by atoms with Crippen molar-refractivity contribution in [2.45, 2.75) is 31.8 Å². The quantitative estimate of drug-likeness (QED) is 0.579. The molecule has 3 aliphatic rings. The summed E-state index contributed by atoms with van der Waals surface area (Å²) in [6, 6.07) is 13.7. The average molecular weight is 404 g/mol. The van der Waals surface area contributed by atoms with Crippen LogP contribution in [0.15, 0.2) is 48.5 Å². The molecule has 6 heteroatoms. The largest absolute Gasteiger partial charge is 0.497 e. The highest BCUT2D eigenvalue weighted by atomic mass is 16.5. The third kappa shape index (κ3) is 2.70. The second-order valence-electron chi connectivity index (χ2n) is 8.38. The molecule has 154 valence electrons. The van der Waals surface area contributed by atoms with Gasteiger partial charge in [-0.3, -0.25) is 19.3 Å².